The second-order valence-corrected chi connectivity index (χ2v) is 3.07. The van der Waals surface area contributed by atoms with E-state index in [1.165, 1.54) is 5.56 Å². The summed E-state index contributed by atoms with van der Waals surface area (Å²) >= 11 is 0. The number of nitrogens with two attached hydrogens (primary N) is 1. The molecule has 1 rings (SSSR count). The number of ether oxygens (including phenoxy) is 1. The standard InChI is InChI=1S/C10H17N3O/c1-9-3-5-13-10(7-9)12-4-2-6-14-8-11/h3,5,7H,2,4,6,8,11H2,1H3,(H,12,13). The highest BCUT2D eigenvalue weighted by atomic mass is 16.5. The predicted molar refractivity (Wildman–Crippen MR) is 57.1 cm³/mol. The second kappa shape index (κ2) is 6.34. The molecular weight excluding hydrogens is 178 g/mol. The van der Waals surface area contributed by atoms with E-state index < -0.39 is 0 Å². The van der Waals surface area contributed by atoms with Crippen molar-refractivity contribution in [2.24, 2.45) is 5.73 Å². The highest BCUT2D eigenvalue weighted by molar-refractivity contribution is 5.36. The van der Waals surface area contributed by atoms with E-state index in [4.69, 9.17) is 10.5 Å². The predicted octanol–water partition coefficient (Wildman–Crippen LogP) is 1.12. The zero-order valence-electron chi connectivity index (χ0n) is 8.49. The van der Waals surface area contributed by atoms with E-state index in [2.05, 4.69) is 10.3 Å². The molecule has 0 bridgehead atoms. The molecule has 0 spiro atoms. The van der Waals surface area contributed by atoms with Crippen LogP contribution in [0.25, 0.3) is 0 Å². The molecular formula is C10H17N3O. The first-order valence-electron chi connectivity index (χ1n) is 4.77. The maximum Gasteiger partial charge on any atom is 0.126 e. The lowest BCUT2D eigenvalue weighted by Crippen LogP contribution is -2.10. The minimum absolute atomic E-state index is 0.294. The normalized spacial score (nSPS) is 10.1. The molecule has 0 atom stereocenters. The van der Waals surface area contributed by atoms with Crippen LogP contribution >= 0.6 is 0 Å². The van der Waals surface area contributed by atoms with Crippen molar-refractivity contribution in [3.05, 3.63) is 23.9 Å². The summed E-state index contributed by atoms with van der Waals surface area (Å²) in [5, 5.41) is 3.21. The van der Waals surface area contributed by atoms with E-state index in [-0.39, 0.29) is 0 Å². The van der Waals surface area contributed by atoms with Gasteiger partial charge in [-0.15, -0.1) is 0 Å². The SMILES string of the molecule is Cc1ccnc(NCCCOCN)c1. The van der Waals surface area contributed by atoms with Gasteiger partial charge in [0.05, 0.1) is 6.73 Å². The van der Waals surface area contributed by atoms with Gasteiger partial charge in [-0.2, -0.15) is 0 Å². The lowest BCUT2D eigenvalue weighted by Gasteiger charge is -2.05. The van der Waals surface area contributed by atoms with Crippen LogP contribution < -0.4 is 11.1 Å². The second-order valence-electron chi connectivity index (χ2n) is 3.07. The fourth-order valence-electron chi connectivity index (χ4n) is 1.11. The lowest BCUT2D eigenvalue weighted by atomic mass is 10.3. The van der Waals surface area contributed by atoms with Crippen LogP contribution in [0.3, 0.4) is 0 Å². The number of hydrogen-bond donors (Lipinski definition) is 2. The summed E-state index contributed by atoms with van der Waals surface area (Å²) < 4.78 is 5.01. The maximum atomic E-state index is 5.19. The van der Waals surface area contributed by atoms with Gasteiger partial charge in [0.1, 0.15) is 5.82 Å². The van der Waals surface area contributed by atoms with E-state index >= 15 is 0 Å². The van der Waals surface area contributed by atoms with E-state index in [1.54, 1.807) is 6.20 Å². The van der Waals surface area contributed by atoms with Crippen molar-refractivity contribution in [3.63, 3.8) is 0 Å². The van der Waals surface area contributed by atoms with E-state index in [1.807, 2.05) is 19.1 Å². The number of aromatic nitrogens is 1. The molecule has 0 fully saturated rings. The van der Waals surface area contributed by atoms with Gasteiger partial charge < -0.3 is 15.8 Å². The van der Waals surface area contributed by atoms with E-state index in [0.29, 0.717) is 13.3 Å². The molecule has 0 saturated carbocycles. The minimum Gasteiger partial charge on any atom is -0.370 e. The highest BCUT2D eigenvalue weighted by Gasteiger charge is 1.92. The highest BCUT2D eigenvalue weighted by Crippen LogP contribution is 2.04. The first-order valence-corrected chi connectivity index (χ1v) is 4.77. The Labute approximate surface area is 84.5 Å². The van der Waals surface area contributed by atoms with Crippen LogP contribution in [0.5, 0.6) is 0 Å². The van der Waals surface area contributed by atoms with Crippen LogP contribution in [-0.4, -0.2) is 24.9 Å². The lowest BCUT2D eigenvalue weighted by molar-refractivity contribution is 0.140. The van der Waals surface area contributed by atoms with Crippen LogP contribution in [0.4, 0.5) is 5.82 Å². The third-order valence-corrected chi connectivity index (χ3v) is 1.80. The van der Waals surface area contributed by atoms with Crippen molar-refractivity contribution in [2.75, 3.05) is 25.2 Å². The molecule has 4 heteroatoms. The summed E-state index contributed by atoms with van der Waals surface area (Å²) in [5.74, 6) is 0.915. The number of anilines is 1. The van der Waals surface area contributed by atoms with Crippen LogP contribution in [0.1, 0.15) is 12.0 Å². The van der Waals surface area contributed by atoms with Crippen LogP contribution in [-0.2, 0) is 4.74 Å². The van der Waals surface area contributed by atoms with Crippen LogP contribution in [0.2, 0.25) is 0 Å². The molecule has 4 nitrogen and oxygen atoms in total. The molecule has 0 unspecified atom stereocenters. The number of nitrogens with one attached hydrogen (secondary N) is 1. The molecule has 0 aliphatic heterocycles. The summed E-state index contributed by atoms with van der Waals surface area (Å²) in [7, 11) is 0. The van der Waals surface area contributed by atoms with Crippen LogP contribution in [0.15, 0.2) is 18.3 Å². The molecule has 1 aromatic heterocycles. The molecule has 14 heavy (non-hydrogen) atoms. The monoisotopic (exact) mass is 195 g/mol. The van der Waals surface area contributed by atoms with Crippen molar-refractivity contribution >= 4 is 5.82 Å². The summed E-state index contributed by atoms with van der Waals surface area (Å²) in [5.41, 5.74) is 6.40. The molecule has 3 N–H and O–H groups in total. The van der Waals surface area contributed by atoms with Gasteiger partial charge in [-0.05, 0) is 31.0 Å². The first kappa shape index (κ1) is 10.9. The van der Waals surface area contributed by atoms with Gasteiger partial charge in [0.15, 0.2) is 0 Å². The molecule has 0 aliphatic carbocycles. The van der Waals surface area contributed by atoms with E-state index in [9.17, 15) is 0 Å². The zero-order chi connectivity index (χ0) is 10.2. The van der Waals surface area contributed by atoms with Gasteiger partial charge in [0.25, 0.3) is 0 Å². The Bertz CT molecular complexity index is 265. The molecule has 78 valence electrons. The third-order valence-electron chi connectivity index (χ3n) is 1.80. The zero-order valence-corrected chi connectivity index (χ0v) is 8.49. The van der Waals surface area contributed by atoms with Crippen molar-refractivity contribution in [1.82, 2.24) is 4.98 Å². The molecule has 0 saturated heterocycles. The Morgan fingerprint density at radius 2 is 2.43 bits per heavy atom. The summed E-state index contributed by atoms with van der Waals surface area (Å²) in [4.78, 5) is 4.18. The molecule has 0 aliphatic rings. The number of rotatable bonds is 6. The molecule has 1 heterocycles. The number of pyridine rings is 1. The van der Waals surface area contributed by atoms with Crippen molar-refractivity contribution in [2.45, 2.75) is 13.3 Å². The molecule has 1 aromatic rings. The third kappa shape index (κ3) is 4.20. The quantitative estimate of drug-likeness (QED) is 0.527. The summed E-state index contributed by atoms with van der Waals surface area (Å²) in [6, 6.07) is 3.99. The smallest absolute Gasteiger partial charge is 0.126 e. The van der Waals surface area contributed by atoms with Gasteiger partial charge in [-0.1, -0.05) is 0 Å². The summed E-state index contributed by atoms with van der Waals surface area (Å²) in [6.45, 7) is 3.89. The van der Waals surface area contributed by atoms with Gasteiger partial charge in [-0.3, -0.25) is 0 Å². The van der Waals surface area contributed by atoms with Crippen molar-refractivity contribution in [3.8, 4) is 0 Å². The molecule has 0 aromatic carbocycles. The van der Waals surface area contributed by atoms with Crippen LogP contribution in [0, 0.1) is 6.92 Å². The van der Waals surface area contributed by atoms with Gasteiger partial charge >= 0.3 is 0 Å². The fourth-order valence-corrected chi connectivity index (χ4v) is 1.11. The van der Waals surface area contributed by atoms with Gasteiger partial charge in [-0.25, -0.2) is 4.98 Å². The average Bonchev–Trinajstić information content (AvgIpc) is 2.18. The summed E-state index contributed by atoms with van der Waals surface area (Å²) in [6.07, 6.45) is 2.74. The number of hydrogen-bond acceptors (Lipinski definition) is 4. The fraction of sp³-hybridized carbons (Fsp3) is 0.500. The Kier molecular flexibility index (Phi) is 4.96. The Hall–Kier alpha value is -1.13. The number of aryl methyl sites for hydroxylation is 1. The van der Waals surface area contributed by atoms with Crippen molar-refractivity contribution < 1.29 is 4.74 Å². The van der Waals surface area contributed by atoms with Gasteiger partial charge in [0, 0.05) is 19.3 Å². The maximum absolute atomic E-state index is 5.19. The van der Waals surface area contributed by atoms with Crippen molar-refractivity contribution in [1.29, 1.82) is 0 Å². The Morgan fingerprint density at radius 3 is 3.14 bits per heavy atom. The molecule has 0 amide bonds. The largest absolute Gasteiger partial charge is 0.370 e. The minimum atomic E-state index is 0.294. The van der Waals surface area contributed by atoms with E-state index in [0.717, 1.165) is 18.8 Å². The Balaban J connectivity index is 2.18. The Morgan fingerprint density at radius 1 is 1.57 bits per heavy atom. The topological polar surface area (TPSA) is 60.2 Å². The number of nitrogens with zero attached hydrogens (tertiary/aromatic N) is 1. The average molecular weight is 195 g/mol. The molecule has 0 radical (unpaired) electrons. The van der Waals surface area contributed by atoms with Gasteiger partial charge in [0.2, 0.25) is 0 Å². The first-order chi connectivity index (χ1) is 6.83.